The maximum Gasteiger partial charge on any atom is 0.241 e. The molecule has 2 atom stereocenters. The molecule has 2 aromatic carbocycles. The first-order valence-corrected chi connectivity index (χ1v) is 11.8. The maximum atomic E-state index is 13.5. The molecule has 0 fully saturated rings. The van der Waals surface area contributed by atoms with Crippen molar-refractivity contribution < 1.29 is 9.59 Å². The molecule has 1 aliphatic rings. The van der Waals surface area contributed by atoms with Crippen molar-refractivity contribution in [3.8, 4) is 0 Å². The summed E-state index contributed by atoms with van der Waals surface area (Å²) in [6.45, 7) is 2.72. The summed E-state index contributed by atoms with van der Waals surface area (Å²) in [7, 11) is 0. The van der Waals surface area contributed by atoms with Crippen molar-refractivity contribution in [3.63, 3.8) is 0 Å². The van der Waals surface area contributed by atoms with Gasteiger partial charge < -0.3 is 10.2 Å². The van der Waals surface area contributed by atoms with Gasteiger partial charge in [0.05, 0.1) is 24.7 Å². The third-order valence-corrected chi connectivity index (χ3v) is 7.61. The maximum absolute atomic E-state index is 13.5. The molecule has 1 aromatic heterocycles. The Morgan fingerprint density at radius 3 is 2.77 bits per heavy atom. The predicted molar refractivity (Wildman–Crippen MR) is 124 cm³/mol. The number of halogens is 1. The first kappa shape index (κ1) is 21.0. The van der Waals surface area contributed by atoms with Gasteiger partial charge in [0.1, 0.15) is 5.25 Å². The number of para-hydroxylation sites is 1. The lowest BCUT2D eigenvalue weighted by molar-refractivity contribution is -0.128. The molecule has 0 unspecified atom stereocenters. The van der Waals surface area contributed by atoms with Crippen molar-refractivity contribution in [3.05, 3.63) is 81.5 Å². The topological polar surface area (TPSA) is 49.4 Å². The summed E-state index contributed by atoms with van der Waals surface area (Å²) in [6.07, 6.45) is 0. The number of thiophene rings is 1. The molecule has 0 bridgehead atoms. The van der Waals surface area contributed by atoms with Gasteiger partial charge in [-0.15, -0.1) is 23.1 Å². The van der Waals surface area contributed by atoms with Gasteiger partial charge in [-0.25, -0.2) is 0 Å². The molecule has 0 saturated carbocycles. The molecule has 1 aliphatic heterocycles. The summed E-state index contributed by atoms with van der Waals surface area (Å²) in [6, 6.07) is 19.3. The van der Waals surface area contributed by atoms with E-state index in [1.54, 1.807) is 16.2 Å². The van der Waals surface area contributed by atoms with E-state index in [1.165, 1.54) is 11.8 Å². The molecule has 4 rings (SSSR count). The number of nitrogens with one attached hydrogen (secondary N) is 1. The molecule has 2 heterocycles. The number of amides is 2. The van der Waals surface area contributed by atoms with Crippen molar-refractivity contribution in [2.75, 3.05) is 4.90 Å². The first-order chi connectivity index (χ1) is 14.5. The smallest absolute Gasteiger partial charge is 0.241 e. The number of carbonyl (C=O) groups excluding carboxylic acids is 2. The van der Waals surface area contributed by atoms with Gasteiger partial charge in [-0.2, -0.15) is 0 Å². The highest BCUT2D eigenvalue weighted by molar-refractivity contribution is 8.01. The van der Waals surface area contributed by atoms with Crippen LogP contribution in [0.5, 0.6) is 0 Å². The van der Waals surface area contributed by atoms with Crippen LogP contribution in [-0.4, -0.2) is 17.1 Å². The molecule has 0 aliphatic carbocycles. The van der Waals surface area contributed by atoms with Crippen molar-refractivity contribution in [1.82, 2.24) is 5.32 Å². The van der Waals surface area contributed by atoms with Crippen LogP contribution in [0.1, 0.15) is 17.4 Å². The average molecular weight is 457 g/mol. The Morgan fingerprint density at radius 2 is 2.00 bits per heavy atom. The Kier molecular flexibility index (Phi) is 6.46. The van der Waals surface area contributed by atoms with E-state index in [-0.39, 0.29) is 11.8 Å². The van der Waals surface area contributed by atoms with Crippen molar-refractivity contribution in [1.29, 1.82) is 0 Å². The quantitative estimate of drug-likeness (QED) is 0.543. The van der Waals surface area contributed by atoms with Crippen LogP contribution in [0, 0.1) is 5.92 Å². The second-order valence-electron chi connectivity index (χ2n) is 7.15. The zero-order valence-corrected chi connectivity index (χ0v) is 18.8. The van der Waals surface area contributed by atoms with Crippen molar-refractivity contribution in [2.45, 2.75) is 30.2 Å². The molecule has 1 N–H and O–H groups in total. The number of hydrogen-bond donors (Lipinski definition) is 1. The number of benzene rings is 2. The van der Waals surface area contributed by atoms with Crippen LogP contribution in [0.3, 0.4) is 0 Å². The summed E-state index contributed by atoms with van der Waals surface area (Å²) >= 11 is 9.20. The minimum atomic E-state index is -0.484. The van der Waals surface area contributed by atoms with Crippen molar-refractivity contribution >= 4 is 52.2 Å². The molecule has 30 heavy (non-hydrogen) atoms. The number of anilines is 1. The lowest BCUT2D eigenvalue weighted by atomic mass is 10.0. The number of rotatable bonds is 6. The largest absolute Gasteiger partial charge is 0.351 e. The van der Waals surface area contributed by atoms with E-state index >= 15 is 0 Å². The average Bonchev–Trinajstić information content (AvgIpc) is 3.27. The van der Waals surface area contributed by atoms with Gasteiger partial charge in [0.25, 0.3) is 0 Å². The number of hydrogen-bond acceptors (Lipinski definition) is 4. The summed E-state index contributed by atoms with van der Waals surface area (Å²) in [5, 5.41) is 5.10. The van der Waals surface area contributed by atoms with Crippen LogP contribution in [0.25, 0.3) is 0 Å². The van der Waals surface area contributed by atoms with Crippen LogP contribution in [0.4, 0.5) is 5.69 Å². The molecule has 0 spiro atoms. The first-order valence-electron chi connectivity index (χ1n) is 9.64. The fourth-order valence-corrected chi connectivity index (χ4v) is 5.57. The molecular formula is C23H21ClN2O2S2. The fraction of sp³-hybridized carbons (Fsp3) is 0.217. The molecular weight excluding hydrogens is 436 g/mol. The highest BCUT2D eigenvalue weighted by Gasteiger charge is 2.39. The zero-order chi connectivity index (χ0) is 21.1. The highest BCUT2D eigenvalue weighted by Crippen LogP contribution is 2.42. The van der Waals surface area contributed by atoms with Crippen molar-refractivity contribution in [2.24, 2.45) is 5.92 Å². The zero-order valence-electron chi connectivity index (χ0n) is 16.4. The minimum Gasteiger partial charge on any atom is -0.351 e. The Bertz CT molecular complexity index is 1050. The molecule has 4 nitrogen and oxygen atoms in total. The summed E-state index contributed by atoms with van der Waals surface area (Å²) in [5.74, 6) is -0.633. The second kappa shape index (κ2) is 9.25. The lowest BCUT2D eigenvalue weighted by Gasteiger charge is -2.35. The van der Waals surface area contributed by atoms with Crippen LogP contribution >= 0.6 is 34.7 Å². The van der Waals surface area contributed by atoms with Gasteiger partial charge in [0.2, 0.25) is 11.8 Å². The molecule has 0 radical (unpaired) electrons. The molecule has 2 amide bonds. The number of thioether (sulfide) groups is 1. The van der Waals surface area contributed by atoms with Gasteiger partial charge in [-0.3, -0.25) is 9.59 Å². The van der Waals surface area contributed by atoms with Gasteiger partial charge >= 0.3 is 0 Å². The molecule has 7 heteroatoms. The number of fused-ring (bicyclic) bond motifs is 1. The van der Waals surface area contributed by atoms with Gasteiger partial charge in [0, 0.05) is 14.8 Å². The van der Waals surface area contributed by atoms with E-state index in [4.69, 9.17) is 11.6 Å². The minimum absolute atomic E-state index is 0.0579. The van der Waals surface area contributed by atoms with E-state index in [0.29, 0.717) is 18.1 Å². The lowest BCUT2D eigenvalue weighted by Crippen LogP contribution is -2.47. The Balaban J connectivity index is 1.55. The third kappa shape index (κ3) is 4.56. The number of carbonyl (C=O) groups is 2. The predicted octanol–water partition coefficient (Wildman–Crippen LogP) is 5.36. The summed E-state index contributed by atoms with van der Waals surface area (Å²) in [4.78, 5) is 30.1. The summed E-state index contributed by atoms with van der Waals surface area (Å²) < 4.78 is 0. The Hall–Kier alpha value is -2.28. The number of nitrogens with zero attached hydrogens (tertiary/aromatic N) is 1. The molecule has 154 valence electrons. The highest BCUT2D eigenvalue weighted by atomic mass is 35.5. The monoisotopic (exact) mass is 456 g/mol. The van der Waals surface area contributed by atoms with E-state index in [0.717, 1.165) is 21.0 Å². The fourth-order valence-electron chi connectivity index (χ4n) is 3.42. The molecule has 0 saturated heterocycles. The standard InChI is InChI=1S/C23H21ClN2O2S2/c1-15(22(27)25-13-18-8-5-11-29-18)21-23(28)26(14-16-6-4-7-17(24)12-16)19-9-2-3-10-20(19)30-21/h2-12,15,21H,13-14H2,1H3,(H,25,27)/t15-,21+/m0/s1. The van der Waals surface area contributed by atoms with E-state index in [2.05, 4.69) is 5.32 Å². The van der Waals surface area contributed by atoms with Gasteiger partial charge in [-0.05, 0) is 41.3 Å². The van der Waals surface area contributed by atoms with E-state index in [9.17, 15) is 9.59 Å². The van der Waals surface area contributed by atoms with E-state index < -0.39 is 11.2 Å². The Labute approximate surface area is 189 Å². The third-order valence-electron chi connectivity index (χ3n) is 5.03. The van der Waals surface area contributed by atoms with E-state index in [1.807, 2.05) is 73.0 Å². The normalized spacial score (nSPS) is 16.8. The second-order valence-corrected chi connectivity index (χ2v) is 9.80. The van der Waals surface area contributed by atoms with Crippen LogP contribution in [0.15, 0.2) is 70.9 Å². The summed E-state index contributed by atoms with van der Waals surface area (Å²) in [5.41, 5.74) is 1.82. The molecule has 3 aromatic rings. The van der Waals surface area contributed by atoms with Gasteiger partial charge in [-0.1, -0.05) is 48.9 Å². The van der Waals surface area contributed by atoms with Crippen LogP contribution in [0.2, 0.25) is 5.02 Å². The van der Waals surface area contributed by atoms with Crippen LogP contribution in [-0.2, 0) is 22.7 Å². The SMILES string of the molecule is C[C@H](C(=O)NCc1cccs1)[C@H]1Sc2ccccc2N(Cc2cccc(Cl)c2)C1=O. The van der Waals surface area contributed by atoms with Crippen LogP contribution < -0.4 is 10.2 Å². The Morgan fingerprint density at radius 1 is 1.17 bits per heavy atom. The van der Waals surface area contributed by atoms with Gasteiger partial charge in [0.15, 0.2) is 0 Å².